The van der Waals surface area contributed by atoms with Crippen molar-refractivity contribution >= 4 is 5.69 Å². The summed E-state index contributed by atoms with van der Waals surface area (Å²) in [6, 6.07) is 8.29. The van der Waals surface area contributed by atoms with Gasteiger partial charge in [-0.05, 0) is 31.0 Å². The lowest BCUT2D eigenvalue weighted by Crippen LogP contribution is -2.00. The van der Waals surface area contributed by atoms with E-state index in [0.29, 0.717) is 0 Å². The van der Waals surface area contributed by atoms with Gasteiger partial charge in [0.05, 0.1) is 18.5 Å². The van der Waals surface area contributed by atoms with Gasteiger partial charge in [-0.15, -0.1) is 0 Å². The van der Waals surface area contributed by atoms with Crippen LogP contribution in [0.1, 0.15) is 38.7 Å². The van der Waals surface area contributed by atoms with Crippen LogP contribution in [0.4, 0.5) is 5.69 Å². The third kappa shape index (κ3) is 5.14. The highest BCUT2D eigenvalue weighted by molar-refractivity contribution is 5.39. The van der Waals surface area contributed by atoms with Crippen molar-refractivity contribution in [2.24, 2.45) is 0 Å². The van der Waals surface area contributed by atoms with Crippen molar-refractivity contribution < 1.29 is 4.74 Å². The standard InChI is InChI=1S/C17H25N3O/c1-3-5-6-11-21-17-9-7-15(8-10-17)12-18-16-13-19-20(4-2)14-16/h7-10,13-14,18H,3-6,11-12H2,1-2H3. The van der Waals surface area contributed by atoms with Gasteiger partial charge >= 0.3 is 0 Å². The van der Waals surface area contributed by atoms with E-state index in [1.807, 2.05) is 29.2 Å². The van der Waals surface area contributed by atoms with Gasteiger partial charge in [0.1, 0.15) is 5.75 Å². The van der Waals surface area contributed by atoms with Crippen molar-refractivity contribution in [2.45, 2.75) is 46.2 Å². The number of nitrogens with zero attached hydrogens (tertiary/aromatic N) is 2. The van der Waals surface area contributed by atoms with E-state index in [0.717, 1.165) is 37.6 Å². The van der Waals surface area contributed by atoms with E-state index >= 15 is 0 Å². The van der Waals surface area contributed by atoms with Crippen LogP contribution in [0.5, 0.6) is 5.75 Å². The second-order valence-corrected chi connectivity index (χ2v) is 5.14. The molecule has 4 nitrogen and oxygen atoms in total. The minimum absolute atomic E-state index is 0.797. The molecule has 2 rings (SSSR count). The molecule has 0 spiro atoms. The largest absolute Gasteiger partial charge is 0.494 e. The summed E-state index contributed by atoms with van der Waals surface area (Å²) in [6.07, 6.45) is 7.46. The van der Waals surface area contributed by atoms with Crippen molar-refractivity contribution in [2.75, 3.05) is 11.9 Å². The minimum atomic E-state index is 0.797. The van der Waals surface area contributed by atoms with Gasteiger partial charge in [-0.25, -0.2) is 0 Å². The number of benzene rings is 1. The molecule has 0 unspecified atom stereocenters. The smallest absolute Gasteiger partial charge is 0.119 e. The summed E-state index contributed by atoms with van der Waals surface area (Å²) >= 11 is 0. The quantitative estimate of drug-likeness (QED) is 0.706. The number of aryl methyl sites for hydroxylation is 1. The summed E-state index contributed by atoms with van der Waals surface area (Å²) < 4.78 is 7.62. The number of anilines is 1. The minimum Gasteiger partial charge on any atom is -0.494 e. The predicted molar refractivity (Wildman–Crippen MR) is 86.7 cm³/mol. The summed E-state index contributed by atoms with van der Waals surface area (Å²) in [5, 5.41) is 7.61. The van der Waals surface area contributed by atoms with Crippen molar-refractivity contribution in [3.05, 3.63) is 42.2 Å². The fourth-order valence-electron chi connectivity index (χ4n) is 2.08. The van der Waals surface area contributed by atoms with Crippen molar-refractivity contribution in [1.29, 1.82) is 0 Å². The lowest BCUT2D eigenvalue weighted by Gasteiger charge is -2.07. The Kier molecular flexibility index (Phi) is 6.13. The van der Waals surface area contributed by atoms with Gasteiger partial charge in [0.2, 0.25) is 0 Å². The van der Waals surface area contributed by atoms with Crippen LogP contribution in [0.3, 0.4) is 0 Å². The topological polar surface area (TPSA) is 39.1 Å². The Morgan fingerprint density at radius 1 is 1.14 bits per heavy atom. The number of hydrogen-bond acceptors (Lipinski definition) is 3. The van der Waals surface area contributed by atoms with Gasteiger partial charge in [-0.3, -0.25) is 4.68 Å². The van der Waals surface area contributed by atoms with Crippen LogP contribution in [0.2, 0.25) is 0 Å². The lowest BCUT2D eigenvalue weighted by molar-refractivity contribution is 0.306. The van der Waals surface area contributed by atoms with Crippen LogP contribution >= 0.6 is 0 Å². The van der Waals surface area contributed by atoms with Crippen LogP contribution in [0.15, 0.2) is 36.7 Å². The summed E-state index contributed by atoms with van der Waals surface area (Å²) in [6.45, 7) is 6.78. The highest BCUT2D eigenvalue weighted by Gasteiger charge is 1.99. The zero-order valence-corrected chi connectivity index (χ0v) is 13.0. The van der Waals surface area contributed by atoms with Crippen molar-refractivity contribution in [3.63, 3.8) is 0 Å². The molecule has 0 saturated carbocycles. The number of unbranched alkanes of at least 4 members (excludes halogenated alkanes) is 2. The Hall–Kier alpha value is -1.97. The number of nitrogens with one attached hydrogen (secondary N) is 1. The van der Waals surface area contributed by atoms with E-state index in [-0.39, 0.29) is 0 Å². The van der Waals surface area contributed by atoms with E-state index in [1.54, 1.807) is 0 Å². The molecule has 0 aliphatic heterocycles. The molecule has 0 fully saturated rings. The Labute approximate surface area is 127 Å². The summed E-state index contributed by atoms with van der Waals surface area (Å²) in [5.41, 5.74) is 2.29. The molecule has 1 aromatic heterocycles. The fourth-order valence-corrected chi connectivity index (χ4v) is 2.08. The first kappa shape index (κ1) is 15.4. The maximum Gasteiger partial charge on any atom is 0.119 e. The zero-order valence-electron chi connectivity index (χ0n) is 13.0. The molecule has 0 radical (unpaired) electrons. The number of hydrogen-bond donors (Lipinski definition) is 1. The maximum absolute atomic E-state index is 5.71. The van der Waals surface area contributed by atoms with Crippen molar-refractivity contribution in [1.82, 2.24) is 9.78 Å². The average molecular weight is 287 g/mol. The van der Waals surface area contributed by atoms with E-state index in [9.17, 15) is 0 Å². The first-order chi connectivity index (χ1) is 10.3. The SMILES string of the molecule is CCCCCOc1ccc(CNc2cnn(CC)c2)cc1. The molecule has 114 valence electrons. The van der Waals surface area contributed by atoms with Crippen LogP contribution in [0, 0.1) is 0 Å². The molecular weight excluding hydrogens is 262 g/mol. The molecule has 0 aliphatic rings. The molecule has 0 amide bonds. The van der Waals surface area contributed by atoms with Gasteiger partial charge in [-0.2, -0.15) is 5.10 Å². The normalized spacial score (nSPS) is 10.6. The highest BCUT2D eigenvalue weighted by Crippen LogP contribution is 2.14. The molecule has 0 saturated heterocycles. The van der Waals surface area contributed by atoms with Crippen LogP contribution < -0.4 is 10.1 Å². The average Bonchev–Trinajstić information content (AvgIpc) is 2.99. The van der Waals surface area contributed by atoms with E-state index in [1.165, 1.54) is 18.4 Å². The third-order valence-electron chi connectivity index (χ3n) is 3.39. The summed E-state index contributed by atoms with van der Waals surface area (Å²) in [7, 11) is 0. The van der Waals surface area contributed by atoms with E-state index in [4.69, 9.17) is 4.74 Å². The van der Waals surface area contributed by atoms with Crippen LogP contribution in [-0.2, 0) is 13.1 Å². The lowest BCUT2D eigenvalue weighted by atomic mass is 10.2. The molecule has 0 aliphatic carbocycles. The molecule has 0 bridgehead atoms. The van der Waals surface area contributed by atoms with Gasteiger partial charge in [-0.1, -0.05) is 31.9 Å². The Bertz CT molecular complexity index is 519. The van der Waals surface area contributed by atoms with Crippen LogP contribution in [-0.4, -0.2) is 16.4 Å². The van der Waals surface area contributed by atoms with Crippen molar-refractivity contribution in [3.8, 4) is 5.75 Å². The van der Waals surface area contributed by atoms with E-state index < -0.39 is 0 Å². The van der Waals surface area contributed by atoms with Gasteiger partial charge < -0.3 is 10.1 Å². The second kappa shape index (κ2) is 8.35. The van der Waals surface area contributed by atoms with Crippen LogP contribution in [0.25, 0.3) is 0 Å². The summed E-state index contributed by atoms with van der Waals surface area (Å²) in [4.78, 5) is 0. The number of aromatic nitrogens is 2. The number of ether oxygens (including phenoxy) is 1. The molecule has 4 heteroatoms. The predicted octanol–water partition coefficient (Wildman–Crippen LogP) is 4.08. The molecule has 1 aromatic carbocycles. The molecule has 21 heavy (non-hydrogen) atoms. The van der Waals surface area contributed by atoms with E-state index in [2.05, 4.69) is 36.4 Å². The molecule has 0 atom stereocenters. The molecule has 2 aromatic rings. The van der Waals surface area contributed by atoms with Gasteiger partial charge in [0.15, 0.2) is 0 Å². The Balaban J connectivity index is 1.76. The summed E-state index contributed by atoms with van der Waals surface area (Å²) in [5.74, 6) is 0.952. The highest BCUT2D eigenvalue weighted by atomic mass is 16.5. The monoisotopic (exact) mass is 287 g/mol. The zero-order chi connectivity index (χ0) is 14.9. The van der Waals surface area contributed by atoms with Gasteiger partial charge in [0, 0.05) is 19.3 Å². The Morgan fingerprint density at radius 2 is 1.95 bits per heavy atom. The fraction of sp³-hybridized carbons (Fsp3) is 0.471. The number of rotatable bonds is 9. The molecule has 1 heterocycles. The van der Waals surface area contributed by atoms with Gasteiger partial charge in [0.25, 0.3) is 0 Å². The first-order valence-electron chi connectivity index (χ1n) is 7.80. The second-order valence-electron chi connectivity index (χ2n) is 5.14. The molecule has 1 N–H and O–H groups in total. The maximum atomic E-state index is 5.71. The first-order valence-corrected chi connectivity index (χ1v) is 7.80. The third-order valence-corrected chi connectivity index (χ3v) is 3.39. The Morgan fingerprint density at radius 3 is 2.62 bits per heavy atom. The molecular formula is C17H25N3O.